The van der Waals surface area contributed by atoms with E-state index >= 15 is 0 Å². The molecule has 1 fully saturated rings. The molecule has 82 valence electrons. The van der Waals surface area contributed by atoms with Gasteiger partial charge < -0.3 is 9.64 Å². The fraction of sp³-hybridized carbons (Fsp3) is 0.909. The van der Waals surface area contributed by atoms with E-state index in [0.29, 0.717) is 5.92 Å². The van der Waals surface area contributed by atoms with Gasteiger partial charge in [-0.25, -0.2) is 4.79 Å². The standard InChI is InChI=1S/C11H21NO2/c1-9-6-5-7-12(8-9)10(13)14-11(2,3)4/h9H,5-8H2,1-4H3/t9-/m0/s1. The largest absolute Gasteiger partial charge is 0.444 e. The number of hydrogen-bond acceptors (Lipinski definition) is 2. The quantitative estimate of drug-likeness (QED) is 0.600. The summed E-state index contributed by atoms with van der Waals surface area (Å²) in [5.74, 6) is 0.608. The van der Waals surface area contributed by atoms with E-state index in [1.807, 2.05) is 25.7 Å². The molecule has 0 aliphatic carbocycles. The number of rotatable bonds is 0. The summed E-state index contributed by atoms with van der Waals surface area (Å²) >= 11 is 0. The zero-order chi connectivity index (χ0) is 10.8. The van der Waals surface area contributed by atoms with Crippen molar-refractivity contribution in [2.75, 3.05) is 13.1 Å². The van der Waals surface area contributed by atoms with Gasteiger partial charge >= 0.3 is 6.09 Å². The van der Waals surface area contributed by atoms with Crippen molar-refractivity contribution in [3.63, 3.8) is 0 Å². The van der Waals surface area contributed by atoms with E-state index < -0.39 is 0 Å². The molecule has 0 spiro atoms. The van der Waals surface area contributed by atoms with Crippen LogP contribution in [0.1, 0.15) is 40.5 Å². The molecule has 3 heteroatoms. The number of carbonyl (C=O) groups is 1. The van der Waals surface area contributed by atoms with E-state index in [1.165, 1.54) is 6.42 Å². The smallest absolute Gasteiger partial charge is 0.410 e. The highest BCUT2D eigenvalue weighted by molar-refractivity contribution is 5.68. The fourth-order valence-corrected chi connectivity index (χ4v) is 1.68. The first-order valence-corrected chi connectivity index (χ1v) is 5.36. The topological polar surface area (TPSA) is 29.5 Å². The predicted molar refractivity (Wildman–Crippen MR) is 56.2 cm³/mol. The Hall–Kier alpha value is -0.730. The minimum Gasteiger partial charge on any atom is -0.444 e. The van der Waals surface area contributed by atoms with Crippen LogP contribution in [0.5, 0.6) is 0 Å². The molecule has 14 heavy (non-hydrogen) atoms. The Labute approximate surface area is 86.4 Å². The number of amides is 1. The first-order valence-electron chi connectivity index (χ1n) is 5.36. The van der Waals surface area contributed by atoms with Crippen LogP contribution < -0.4 is 0 Å². The Kier molecular flexibility index (Phi) is 3.40. The van der Waals surface area contributed by atoms with Crippen LogP contribution in [0.25, 0.3) is 0 Å². The summed E-state index contributed by atoms with van der Waals surface area (Å²) in [4.78, 5) is 13.5. The average molecular weight is 199 g/mol. The second-order valence-corrected chi connectivity index (χ2v) is 5.17. The van der Waals surface area contributed by atoms with Gasteiger partial charge in [-0.2, -0.15) is 0 Å². The molecule has 0 N–H and O–H groups in total. The zero-order valence-corrected chi connectivity index (χ0v) is 9.67. The Morgan fingerprint density at radius 2 is 2.07 bits per heavy atom. The highest BCUT2D eigenvalue weighted by atomic mass is 16.6. The van der Waals surface area contributed by atoms with E-state index in [0.717, 1.165) is 19.5 Å². The van der Waals surface area contributed by atoms with Gasteiger partial charge in [-0.15, -0.1) is 0 Å². The number of likely N-dealkylation sites (tertiary alicyclic amines) is 1. The van der Waals surface area contributed by atoms with Crippen LogP contribution in [-0.2, 0) is 4.74 Å². The molecule has 1 saturated heterocycles. The second-order valence-electron chi connectivity index (χ2n) is 5.17. The van der Waals surface area contributed by atoms with Crippen LogP contribution in [0, 0.1) is 5.92 Å². The molecule has 1 aliphatic heterocycles. The molecule has 1 atom stereocenters. The lowest BCUT2D eigenvalue weighted by Gasteiger charge is -2.32. The van der Waals surface area contributed by atoms with Crippen molar-refractivity contribution in [2.24, 2.45) is 5.92 Å². The third-order valence-corrected chi connectivity index (χ3v) is 2.31. The molecule has 0 radical (unpaired) electrons. The van der Waals surface area contributed by atoms with Crippen molar-refractivity contribution >= 4 is 6.09 Å². The molecular weight excluding hydrogens is 178 g/mol. The van der Waals surface area contributed by atoms with Gasteiger partial charge in [0.05, 0.1) is 0 Å². The van der Waals surface area contributed by atoms with E-state index in [4.69, 9.17) is 4.74 Å². The van der Waals surface area contributed by atoms with Crippen LogP contribution in [0.3, 0.4) is 0 Å². The van der Waals surface area contributed by atoms with Gasteiger partial charge in [-0.3, -0.25) is 0 Å². The maximum atomic E-state index is 11.7. The molecule has 0 aromatic rings. The van der Waals surface area contributed by atoms with E-state index in [-0.39, 0.29) is 11.7 Å². The zero-order valence-electron chi connectivity index (χ0n) is 9.67. The Balaban J connectivity index is 2.44. The number of hydrogen-bond donors (Lipinski definition) is 0. The van der Waals surface area contributed by atoms with Crippen LogP contribution in [0.4, 0.5) is 4.79 Å². The van der Waals surface area contributed by atoms with Crippen molar-refractivity contribution in [2.45, 2.75) is 46.1 Å². The molecule has 1 aliphatic rings. The predicted octanol–water partition coefficient (Wildman–Crippen LogP) is 2.65. The fourth-order valence-electron chi connectivity index (χ4n) is 1.68. The normalized spacial score (nSPS) is 23.4. The number of piperidine rings is 1. The molecule has 1 amide bonds. The Morgan fingerprint density at radius 3 is 2.57 bits per heavy atom. The molecular formula is C11H21NO2. The van der Waals surface area contributed by atoms with E-state index in [9.17, 15) is 4.79 Å². The number of ether oxygens (including phenoxy) is 1. The molecule has 0 bridgehead atoms. The summed E-state index contributed by atoms with van der Waals surface area (Å²) in [6, 6.07) is 0. The lowest BCUT2D eigenvalue weighted by molar-refractivity contribution is 0.0174. The monoisotopic (exact) mass is 199 g/mol. The van der Waals surface area contributed by atoms with Crippen LogP contribution in [0.15, 0.2) is 0 Å². The van der Waals surface area contributed by atoms with Gasteiger partial charge in [0.1, 0.15) is 5.60 Å². The molecule has 3 nitrogen and oxygen atoms in total. The summed E-state index contributed by atoms with van der Waals surface area (Å²) in [5.41, 5.74) is -0.377. The summed E-state index contributed by atoms with van der Waals surface area (Å²) in [6.45, 7) is 9.57. The summed E-state index contributed by atoms with van der Waals surface area (Å²) in [6.07, 6.45) is 2.16. The summed E-state index contributed by atoms with van der Waals surface area (Å²) in [5, 5.41) is 0. The third-order valence-electron chi connectivity index (χ3n) is 2.31. The van der Waals surface area contributed by atoms with Crippen LogP contribution in [-0.4, -0.2) is 29.7 Å². The van der Waals surface area contributed by atoms with Crippen LogP contribution >= 0.6 is 0 Å². The van der Waals surface area contributed by atoms with Gasteiger partial charge in [0.2, 0.25) is 0 Å². The Morgan fingerprint density at radius 1 is 1.43 bits per heavy atom. The number of carbonyl (C=O) groups excluding carboxylic acids is 1. The van der Waals surface area contributed by atoms with Crippen molar-refractivity contribution in [1.82, 2.24) is 4.90 Å². The first-order chi connectivity index (χ1) is 6.38. The average Bonchev–Trinajstić information content (AvgIpc) is 2.01. The van der Waals surface area contributed by atoms with Crippen molar-refractivity contribution in [3.05, 3.63) is 0 Å². The highest BCUT2D eigenvalue weighted by Gasteiger charge is 2.25. The SMILES string of the molecule is C[C@H]1CCCN(C(=O)OC(C)(C)C)C1. The van der Waals surface area contributed by atoms with Crippen molar-refractivity contribution in [1.29, 1.82) is 0 Å². The molecule has 0 aromatic heterocycles. The van der Waals surface area contributed by atoms with Gasteiger partial charge in [0.15, 0.2) is 0 Å². The summed E-state index contributed by atoms with van der Waals surface area (Å²) in [7, 11) is 0. The third kappa shape index (κ3) is 3.56. The minimum atomic E-state index is -0.377. The highest BCUT2D eigenvalue weighted by Crippen LogP contribution is 2.18. The van der Waals surface area contributed by atoms with Gasteiger partial charge in [0, 0.05) is 13.1 Å². The molecule has 1 rings (SSSR count). The first kappa shape index (κ1) is 11.3. The van der Waals surface area contributed by atoms with E-state index in [1.54, 1.807) is 0 Å². The maximum Gasteiger partial charge on any atom is 0.410 e. The maximum absolute atomic E-state index is 11.7. The Bertz CT molecular complexity index is 208. The van der Waals surface area contributed by atoms with Gasteiger partial charge in [0.25, 0.3) is 0 Å². The second kappa shape index (κ2) is 4.20. The van der Waals surface area contributed by atoms with Gasteiger partial charge in [-0.1, -0.05) is 6.92 Å². The molecule has 1 heterocycles. The molecule has 0 saturated carbocycles. The van der Waals surface area contributed by atoms with E-state index in [2.05, 4.69) is 6.92 Å². The van der Waals surface area contributed by atoms with Gasteiger partial charge in [-0.05, 0) is 39.5 Å². The summed E-state index contributed by atoms with van der Waals surface area (Å²) < 4.78 is 5.31. The lowest BCUT2D eigenvalue weighted by Crippen LogP contribution is -2.42. The van der Waals surface area contributed by atoms with Crippen molar-refractivity contribution < 1.29 is 9.53 Å². The molecule has 0 unspecified atom stereocenters. The van der Waals surface area contributed by atoms with Crippen molar-refractivity contribution in [3.8, 4) is 0 Å². The number of nitrogens with zero attached hydrogens (tertiary/aromatic N) is 1. The lowest BCUT2D eigenvalue weighted by atomic mass is 10.0. The molecule has 0 aromatic carbocycles. The van der Waals surface area contributed by atoms with Crippen LogP contribution in [0.2, 0.25) is 0 Å². The minimum absolute atomic E-state index is 0.163.